The van der Waals surface area contributed by atoms with Gasteiger partial charge in [-0.05, 0) is 37.6 Å². The Morgan fingerprint density at radius 1 is 1.31 bits per heavy atom. The Labute approximate surface area is 158 Å². The summed E-state index contributed by atoms with van der Waals surface area (Å²) in [6, 6.07) is 3.64. The van der Waals surface area contributed by atoms with Crippen LogP contribution in [-0.4, -0.2) is 58.0 Å². The number of benzene rings is 1. The number of hydrogen-bond donors (Lipinski definition) is 2. The van der Waals surface area contributed by atoms with Crippen molar-refractivity contribution in [1.29, 1.82) is 0 Å². The zero-order chi connectivity index (χ0) is 17.9. The first-order valence-electron chi connectivity index (χ1n) is 8.37. The molecule has 2 fully saturated rings. The van der Waals surface area contributed by atoms with Crippen molar-refractivity contribution >= 4 is 34.0 Å². The molecule has 2 saturated heterocycles. The van der Waals surface area contributed by atoms with Crippen LogP contribution in [-0.2, 0) is 19.6 Å². The summed E-state index contributed by atoms with van der Waals surface area (Å²) in [6.45, 7) is 2.42. The highest BCUT2D eigenvalue weighted by molar-refractivity contribution is 7.89. The van der Waals surface area contributed by atoms with Crippen molar-refractivity contribution in [2.45, 2.75) is 17.7 Å². The maximum atomic E-state index is 14.2. The van der Waals surface area contributed by atoms with Gasteiger partial charge >= 0.3 is 0 Å². The number of hydrogen-bond acceptors (Lipinski definition) is 5. The van der Waals surface area contributed by atoms with Gasteiger partial charge in [0, 0.05) is 25.3 Å². The van der Waals surface area contributed by atoms with E-state index in [9.17, 15) is 17.6 Å². The molecule has 1 aromatic carbocycles. The van der Waals surface area contributed by atoms with Crippen LogP contribution in [0.25, 0.3) is 0 Å². The fraction of sp³-hybridized carbons (Fsp3) is 0.562. The molecule has 0 radical (unpaired) electrons. The Hall–Kier alpha value is -1.26. The van der Waals surface area contributed by atoms with Crippen LogP contribution in [0.3, 0.4) is 0 Å². The summed E-state index contributed by atoms with van der Waals surface area (Å²) >= 11 is 0. The van der Waals surface area contributed by atoms with Crippen molar-refractivity contribution in [2.75, 3.05) is 44.7 Å². The number of ether oxygens (including phenoxy) is 1. The smallest absolute Gasteiger partial charge is 0.246 e. The maximum absolute atomic E-state index is 14.2. The minimum Gasteiger partial charge on any atom is -0.379 e. The van der Waals surface area contributed by atoms with E-state index in [1.807, 2.05) is 0 Å². The van der Waals surface area contributed by atoms with E-state index in [2.05, 4.69) is 10.6 Å². The minimum atomic E-state index is -3.96. The number of amides is 1. The topological polar surface area (TPSA) is 87.7 Å². The van der Waals surface area contributed by atoms with Crippen molar-refractivity contribution in [3.63, 3.8) is 0 Å². The zero-order valence-corrected chi connectivity index (χ0v) is 15.9. The van der Waals surface area contributed by atoms with Crippen LogP contribution in [0.4, 0.5) is 10.1 Å². The summed E-state index contributed by atoms with van der Waals surface area (Å²) in [5.74, 6) is -1.18. The second-order valence-corrected chi connectivity index (χ2v) is 8.10. The molecule has 0 saturated carbocycles. The van der Waals surface area contributed by atoms with Crippen LogP contribution < -0.4 is 10.6 Å². The van der Waals surface area contributed by atoms with Crippen LogP contribution in [0.15, 0.2) is 23.1 Å². The molecular formula is C16H23ClFN3O4S. The lowest BCUT2D eigenvalue weighted by molar-refractivity contribution is -0.120. The quantitative estimate of drug-likeness (QED) is 0.783. The third-order valence-electron chi connectivity index (χ3n) is 4.45. The van der Waals surface area contributed by atoms with Gasteiger partial charge < -0.3 is 15.4 Å². The van der Waals surface area contributed by atoms with Crippen LogP contribution in [0, 0.1) is 11.7 Å². The Kier molecular flexibility index (Phi) is 7.36. The predicted molar refractivity (Wildman–Crippen MR) is 97.4 cm³/mol. The number of morpholine rings is 1. The lowest BCUT2D eigenvalue weighted by Crippen LogP contribution is -2.41. The van der Waals surface area contributed by atoms with Gasteiger partial charge in [-0.3, -0.25) is 4.79 Å². The third kappa shape index (κ3) is 4.72. The van der Waals surface area contributed by atoms with Crippen LogP contribution in [0.1, 0.15) is 12.8 Å². The highest BCUT2D eigenvalue weighted by atomic mass is 35.5. The van der Waals surface area contributed by atoms with Crippen LogP contribution in [0.5, 0.6) is 0 Å². The molecule has 2 heterocycles. The number of piperidine rings is 1. The Balaban J connectivity index is 0.00000243. The maximum Gasteiger partial charge on any atom is 0.246 e. The van der Waals surface area contributed by atoms with E-state index >= 15 is 0 Å². The third-order valence-corrected chi connectivity index (χ3v) is 6.37. The molecule has 3 rings (SSSR count). The molecular weight excluding hydrogens is 385 g/mol. The number of nitrogens with one attached hydrogen (secondary N) is 2. The van der Waals surface area contributed by atoms with E-state index in [0.717, 1.165) is 25.5 Å². The molecule has 10 heteroatoms. The Morgan fingerprint density at radius 3 is 2.69 bits per heavy atom. The van der Waals surface area contributed by atoms with Gasteiger partial charge in [0.15, 0.2) is 0 Å². The van der Waals surface area contributed by atoms with Crippen molar-refractivity contribution < 1.29 is 22.3 Å². The molecule has 0 spiro atoms. The highest BCUT2D eigenvalue weighted by Crippen LogP contribution is 2.24. The first-order valence-corrected chi connectivity index (χ1v) is 9.81. The molecule has 0 aliphatic carbocycles. The SMILES string of the molecule is Cl.O=C(Nc1ccc(F)c(S(=O)(=O)N2CCOCC2)c1)C1CCCNC1. The van der Waals surface area contributed by atoms with E-state index in [4.69, 9.17) is 4.74 Å². The van der Waals surface area contributed by atoms with Crippen LogP contribution >= 0.6 is 12.4 Å². The van der Waals surface area contributed by atoms with Crippen molar-refractivity contribution in [1.82, 2.24) is 9.62 Å². The lowest BCUT2D eigenvalue weighted by atomic mass is 9.99. The Morgan fingerprint density at radius 2 is 2.04 bits per heavy atom. The van der Waals surface area contributed by atoms with Gasteiger partial charge in [0.2, 0.25) is 15.9 Å². The Bertz CT molecular complexity index is 735. The number of halogens is 2. The second kappa shape index (κ2) is 9.09. The molecule has 2 aliphatic rings. The summed E-state index contributed by atoms with van der Waals surface area (Å²) in [6.07, 6.45) is 1.69. The van der Waals surface area contributed by atoms with Gasteiger partial charge in [-0.2, -0.15) is 4.31 Å². The summed E-state index contributed by atoms with van der Waals surface area (Å²) in [4.78, 5) is 11.9. The number of rotatable bonds is 4. The average Bonchev–Trinajstić information content (AvgIpc) is 2.64. The second-order valence-electron chi connectivity index (χ2n) is 6.19. The fourth-order valence-electron chi connectivity index (χ4n) is 3.02. The number of anilines is 1. The standard InChI is InChI=1S/C16H22FN3O4S.ClH/c17-14-4-3-13(19-16(21)12-2-1-5-18-11-12)10-15(14)25(22,23)20-6-8-24-9-7-20;/h3-4,10,12,18H,1-2,5-9,11H2,(H,19,21);1H. The summed E-state index contributed by atoms with van der Waals surface area (Å²) < 4.78 is 45.8. The van der Waals surface area contributed by atoms with Gasteiger partial charge in [0.1, 0.15) is 10.7 Å². The molecule has 0 bridgehead atoms. The van der Waals surface area contributed by atoms with E-state index in [-0.39, 0.29) is 56.2 Å². The summed E-state index contributed by atoms with van der Waals surface area (Å²) in [5.41, 5.74) is 0.281. The van der Waals surface area contributed by atoms with Gasteiger partial charge in [-0.15, -0.1) is 12.4 Å². The highest BCUT2D eigenvalue weighted by Gasteiger charge is 2.29. The number of carbonyl (C=O) groups is 1. The normalized spacial score (nSPS) is 21.7. The molecule has 2 aliphatic heterocycles. The van der Waals surface area contributed by atoms with Gasteiger partial charge in [-0.25, -0.2) is 12.8 Å². The predicted octanol–water partition coefficient (Wildman–Crippen LogP) is 1.21. The number of nitrogens with zero attached hydrogens (tertiary/aromatic N) is 1. The van der Waals surface area contributed by atoms with E-state index in [0.29, 0.717) is 6.54 Å². The molecule has 7 nitrogen and oxygen atoms in total. The van der Waals surface area contributed by atoms with E-state index < -0.39 is 20.7 Å². The van der Waals surface area contributed by atoms with Gasteiger partial charge in [-0.1, -0.05) is 0 Å². The molecule has 26 heavy (non-hydrogen) atoms. The molecule has 0 aromatic heterocycles. The molecule has 1 aromatic rings. The van der Waals surface area contributed by atoms with Crippen molar-refractivity contribution in [3.05, 3.63) is 24.0 Å². The number of sulfonamides is 1. The van der Waals surface area contributed by atoms with Crippen molar-refractivity contribution in [2.24, 2.45) is 5.92 Å². The largest absolute Gasteiger partial charge is 0.379 e. The fourth-order valence-corrected chi connectivity index (χ4v) is 4.52. The van der Waals surface area contributed by atoms with Gasteiger partial charge in [0.25, 0.3) is 0 Å². The average molecular weight is 408 g/mol. The minimum absolute atomic E-state index is 0. The van der Waals surface area contributed by atoms with Crippen LogP contribution in [0.2, 0.25) is 0 Å². The first-order chi connectivity index (χ1) is 12.0. The van der Waals surface area contributed by atoms with E-state index in [1.165, 1.54) is 16.4 Å². The zero-order valence-electron chi connectivity index (χ0n) is 14.2. The monoisotopic (exact) mass is 407 g/mol. The molecule has 2 N–H and O–H groups in total. The summed E-state index contributed by atoms with van der Waals surface area (Å²) in [5, 5.41) is 5.86. The molecule has 146 valence electrons. The molecule has 1 amide bonds. The first kappa shape index (κ1) is 21.0. The van der Waals surface area contributed by atoms with Gasteiger partial charge in [0.05, 0.1) is 19.1 Å². The van der Waals surface area contributed by atoms with E-state index in [1.54, 1.807) is 0 Å². The summed E-state index contributed by atoms with van der Waals surface area (Å²) in [7, 11) is -3.96. The van der Waals surface area contributed by atoms with Crippen molar-refractivity contribution in [3.8, 4) is 0 Å². The molecule has 1 unspecified atom stereocenters. The number of carbonyl (C=O) groups excluding carboxylic acids is 1. The lowest BCUT2D eigenvalue weighted by Gasteiger charge is -2.26. The molecule has 1 atom stereocenters.